The third kappa shape index (κ3) is 4.32. The van der Waals surface area contributed by atoms with Crippen LogP contribution in [0.3, 0.4) is 0 Å². The highest BCUT2D eigenvalue weighted by Crippen LogP contribution is 2.23. The molecule has 2 N–H and O–H groups in total. The summed E-state index contributed by atoms with van der Waals surface area (Å²) in [5.74, 6) is 0.757. The van der Waals surface area contributed by atoms with E-state index in [1.54, 1.807) is 7.11 Å². The maximum Gasteiger partial charge on any atom is 0.251 e. The lowest BCUT2D eigenvalue weighted by Gasteiger charge is -2.32. The molecule has 0 aliphatic carbocycles. The zero-order valence-electron chi connectivity index (χ0n) is 17.1. The molecule has 1 saturated heterocycles. The van der Waals surface area contributed by atoms with Gasteiger partial charge in [-0.15, -0.1) is 0 Å². The Balaban J connectivity index is 1.29. The highest BCUT2D eigenvalue weighted by Gasteiger charge is 2.22. The second kappa shape index (κ2) is 9.02. The number of nitrogens with one attached hydrogen (secondary N) is 2. The van der Waals surface area contributed by atoms with Crippen LogP contribution in [-0.4, -0.2) is 48.6 Å². The molecule has 0 bridgehead atoms. The third-order valence-corrected chi connectivity index (χ3v) is 5.89. The van der Waals surface area contributed by atoms with E-state index in [1.165, 1.54) is 0 Å². The molecule has 30 heavy (non-hydrogen) atoms. The number of hydrogen-bond acceptors (Lipinski definition) is 4. The van der Waals surface area contributed by atoms with E-state index in [9.17, 15) is 10.1 Å². The third-order valence-electron chi connectivity index (χ3n) is 5.89. The Hall–Kier alpha value is -3.30. The minimum absolute atomic E-state index is 0.0161. The minimum Gasteiger partial charge on any atom is -0.496 e. The van der Waals surface area contributed by atoms with Crippen molar-refractivity contribution in [3.05, 3.63) is 65.4 Å². The van der Waals surface area contributed by atoms with Gasteiger partial charge >= 0.3 is 0 Å². The maximum absolute atomic E-state index is 12.6. The molecule has 4 rings (SSSR count). The lowest BCUT2D eigenvalue weighted by molar-refractivity contribution is 0.0911. The van der Waals surface area contributed by atoms with Crippen LogP contribution < -0.4 is 10.1 Å². The number of methoxy groups -OCH3 is 1. The van der Waals surface area contributed by atoms with E-state index in [2.05, 4.69) is 21.3 Å². The van der Waals surface area contributed by atoms with Gasteiger partial charge in [-0.1, -0.05) is 12.1 Å². The van der Waals surface area contributed by atoms with Gasteiger partial charge < -0.3 is 19.9 Å². The number of benzene rings is 2. The van der Waals surface area contributed by atoms with Crippen LogP contribution in [0.5, 0.6) is 5.75 Å². The Bertz CT molecular complexity index is 1070. The van der Waals surface area contributed by atoms with Crippen molar-refractivity contribution in [1.29, 1.82) is 5.26 Å². The van der Waals surface area contributed by atoms with Gasteiger partial charge in [0, 0.05) is 48.5 Å². The summed E-state index contributed by atoms with van der Waals surface area (Å²) >= 11 is 0. The second-order valence-electron chi connectivity index (χ2n) is 7.72. The summed E-state index contributed by atoms with van der Waals surface area (Å²) < 4.78 is 5.43. The van der Waals surface area contributed by atoms with Gasteiger partial charge in [0.15, 0.2) is 0 Å². The number of likely N-dealkylation sites (tertiary alicyclic amines) is 1. The average Bonchev–Trinajstić information content (AvgIpc) is 3.26. The van der Waals surface area contributed by atoms with E-state index in [1.807, 2.05) is 48.7 Å². The SMILES string of the molecule is COc1cccc(C#N)c1CCN1CCC(NC(=O)c2ccc3cc[nH]c3c2)CC1. The number of aromatic amines is 1. The first kappa shape index (κ1) is 20.0. The van der Waals surface area contributed by atoms with E-state index >= 15 is 0 Å². The summed E-state index contributed by atoms with van der Waals surface area (Å²) in [6.45, 7) is 2.73. The van der Waals surface area contributed by atoms with Gasteiger partial charge in [0.05, 0.1) is 18.7 Å². The molecule has 1 aliphatic rings. The average molecular weight is 402 g/mol. The standard InChI is InChI=1S/C24H26N4O2/c1-30-23-4-2-3-19(16-25)21(23)10-14-28-12-8-20(9-13-28)27-24(29)18-6-5-17-7-11-26-22(17)15-18/h2-7,11,15,20,26H,8-10,12-14H2,1H3,(H,27,29). The first-order valence-corrected chi connectivity index (χ1v) is 10.3. The molecule has 6 nitrogen and oxygen atoms in total. The van der Waals surface area contributed by atoms with Gasteiger partial charge in [-0.05, 0) is 55.0 Å². The van der Waals surface area contributed by atoms with Gasteiger partial charge in [-0.2, -0.15) is 5.26 Å². The van der Waals surface area contributed by atoms with Crippen molar-refractivity contribution in [2.75, 3.05) is 26.7 Å². The van der Waals surface area contributed by atoms with E-state index in [0.29, 0.717) is 11.1 Å². The zero-order chi connectivity index (χ0) is 20.9. The van der Waals surface area contributed by atoms with Gasteiger partial charge in [-0.3, -0.25) is 4.79 Å². The number of ether oxygens (including phenoxy) is 1. The maximum atomic E-state index is 12.6. The molecule has 0 unspecified atom stereocenters. The monoisotopic (exact) mass is 402 g/mol. The molecule has 0 radical (unpaired) electrons. The van der Waals surface area contributed by atoms with Crippen LogP contribution in [0.1, 0.15) is 34.3 Å². The number of rotatable bonds is 6. The summed E-state index contributed by atoms with van der Waals surface area (Å²) in [7, 11) is 1.64. The van der Waals surface area contributed by atoms with Crippen LogP contribution in [0, 0.1) is 11.3 Å². The molecule has 154 valence electrons. The zero-order valence-corrected chi connectivity index (χ0v) is 17.1. The molecule has 1 aliphatic heterocycles. The summed E-state index contributed by atoms with van der Waals surface area (Å²) in [5.41, 5.74) is 3.31. The topological polar surface area (TPSA) is 81.2 Å². The van der Waals surface area contributed by atoms with Crippen LogP contribution in [0.15, 0.2) is 48.7 Å². The Morgan fingerprint density at radius 3 is 2.87 bits per heavy atom. The fourth-order valence-corrected chi connectivity index (χ4v) is 4.15. The number of carbonyl (C=O) groups is 1. The van der Waals surface area contributed by atoms with Crippen LogP contribution >= 0.6 is 0 Å². The highest BCUT2D eigenvalue weighted by atomic mass is 16.5. The normalized spacial score (nSPS) is 15.1. The number of H-pyrrole nitrogens is 1. The molecule has 0 atom stereocenters. The summed E-state index contributed by atoms with van der Waals surface area (Å²) in [5, 5.41) is 13.7. The van der Waals surface area contributed by atoms with Gasteiger partial charge in [0.1, 0.15) is 5.75 Å². The first-order chi connectivity index (χ1) is 14.7. The molecule has 0 saturated carbocycles. The lowest BCUT2D eigenvalue weighted by atomic mass is 10.0. The molecule has 1 fully saturated rings. The van der Waals surface area contributed by atoms with E-state index < -0.39 is 0 Å². The summed E-state index contributed by atoms with van der Waals surface area (Å²) in [4.78, 5) is 18.2. The molecule has 6 heteroatoms. The van der Waals surface area contributed by atoms with Crippen LogP contribution in [0.2, 0.25) is 0 Å². The number of amides is 1. The number of hydrogen-bond donors (Lipinski definition) is 2. The number of fused-ring (bicyclic) bond motifs is 1. The molecule has 1 amide bonds. The Kier molecular flexibility index (Phi) is 6.01. The van der Waals surface area contributed by atoms with Crippen LogP contribution in [-0.2, 0) is 6.42 Å². The molecule has 2 heterocycles. The Morgan fingerprint density at radius 1 is 1.27 bits per heavy atom. The first-order valence-electron chi connectivity index (χ1n) is 10.3. The second-order valence-corrected chi connectivity index (χ2v) is 7.72. The van der Waals surface area contributed by atoms with E-state index in [-0.39, 0.29) is 11.9 Å². The number of aromatic nitrogens is 1. The van der Waals surface area contributed by atoms with Crippen LogP contribution in [0.25, 0.3) is 10.9 Å². The minimum atomic E-state index is -0.0161. The number of piperidine rings is 1. The van der Waals surface area contributed by atoms with Crippen molar-refractivity contribution in [3.63, 3.8) is 0 Å². The Labute approximate surface area is 176 Å². The smallest absolute Gasteiger partial charge is 0.251 e. The van der Waals surface area contributed by atoms with E-state index in [4.69, 9.17) is 4.74 Å². The number of nitriles is 1. The summed E-state index contributed by atoms with van der Waals surface area (Å²) in [6, 6.07) is 15.8. The molecular weight excluding hydrogens is 376 g/mol. The predicted molar refractivity (Wildman–Crippen MR) is 117 cm³/mol. The fourth-order valence-electron chi connectivity index (χ4n) is 4.15. The van der Waals surface area contributed by atoms with Crippen molar-refractivity contribution in [2.45, 2.75) is 25.3 Å². The van der Waals surface area contributed by atoms with Gasteiger partial charge in [0.25, 0.3) is 5.91 Å². The molecule has 0 spiro atoms. The quantitative estimate of drug-likeness (QED) is 0.661. The Morgan fingerprint density at radius 2 is 2.10 bits per heavy atom. The van der Waals surface area contributed by atoms with Crippen LogP contribution in [0.4, 0.5) is 0 Å². The molecule has 3 aromatic rings. The van der Waals surface area contributed by atoms with Gasteiger partial charge in [-0.25, -0.2) is 0 Å². The summed E-state index contributed by atoms with van der Waals surface area (Å²) in [6.07, 6.45) is 4.51. The van der Waals surface area contributed by atoms with Crippen molar-refractivity contribution >= 4 is 16.8 Å². The fraction of sp³-hybridized carbons (Fsp3) is 0.333. The van der Waals surface area contributed by atoms with Crippen molar-refractivity contribution in [2.24, 2.45) is 0 Å². The molecule has 1 aromatic heterocycles. The van der Waals surface area contributed by atoms with Gasteiger partial charge in [0.2, 0.25) is 0 Å². The lowest BCUT2D eigenvalue weighted by Crippen LogP contribution is -2.45. The number of carbonyl (C=O) groups excluding carboxylic acids is 1. The van der Waals surface area contributed by atoms with Crippen molar-refractivity contribution in [1.82, 2.24) is 15.2 Å². The molecular formula is C24H26N4O2. The van der Waals surface area contributed by atoms with E-state index in [0.717, 1.165) is 61.1 Å². The number of nitrogens with zero attached hydrogens (tertiary/aromatic N) is 2. The predicted octanol–water partition coefficient (Wildman–Crippen LogP) is 3.49. The largest absolute Gasteiger partial charge is 0.496 e. The van der Waals surface area contributed by atoms with Crippen molar-refractivity contribution < 1.29 is 9.53 Å². The van der Waals surface area contributed by atoms with Crippen molar-refractivity contribution in [3.8, 4) is 11.8 Å². The highest BCUT2D eigenvalue weighted by molar-refractivity contribution is 5.98. The molecule has 2 aromatic carbocycles.